The second-order valence-corrected chi connectivity index (χ2v) is 5.74. The number of para-hydroxylation sites is 1. The minimum absolute atomic E-state index is 0.189. The largest absolute Gasteiger partial charge is 0.305 e. The molecule has 2 aromatic heterocycles. The van der Waals surface area contributed by atoms with Crippen molar-refractivity contribution < 1.29 is 9.36 Å². The molecule has 25 heavy (non-hydrogen) atoms. The molecule has 7 heteroatoms. The third kappa shape index (κ3) is 4.10. The molecule has 126 valence electrons. The number of nitrogens with zero attached hydrogens (tertiary/aromatic N) is 4. The van der Waals surface area contributed by atoms with Crippen molar-refractivity contribution >= 4 is 23.7 Å². The second-order valence-electron chi connectivity index (χ2n) is 5.38. The summed E-state index contributed by atoms with van der Waals surface area (Å²) in [6.07, 6.45) is 5.14. The summed E-state index contributed by atoms with van der Waals surface area (Å²) in [6, 6.07) is 15.2. The molecule has 0 bridgehead atoms. The molecule has 3 rings (SSSR count). The maximum absolute atomic E-state index is 11.9. The van der Waals surface area contributed by atoms with Crippen molar-refractivity contribution in [3.8, 4) is 5.69 Å². The van der Waals surface area contributed by atoms with Gasteiger partial charge in [-0.15, -0.1) is 0 Å². The lowest BCUT2D eigenvalue weighted by atomic mass is 10.3. The van der Waals surface area contributed by atoms with Crippen LogP contribution in [0.5, 0.6) is 0 Å². The molecule has 6 nitrogen and oxygen atoms in total. The zero-order chi connectivity index (χ0) is 17.6. The molecule has 1 aromatic carbocycles. The first-order valence-electron chi connectivity index (χ1n) is 7.71. The quantitative estimate of drug-likeness (QED) is 0.434. The fraction of sp³-hybridized carbons (Fsp3) is 0.111. The van der Waals surface area contributed by atoms with Gasteiger partial charge in [-0.1, -0.05) is 35.9 Å². The van der Waals surface area contributed by atoms with Gasteiger partial charge in [-0.3, -0.25) is 4.79 Å². The van der Waals surface area contributed by atoms with E-state index in [2.05, 4.69) is 15.6 Å². The van der Waals surface area contributed by atoms with Crippen LogP contribution in [0.15, 0.2) is 66.0 Å². The molecule has 0 saturated carbocycles. The molecule has 1 amide bonds. The Balaban J connectivity index is 1.70. The van der Waals surface area contributed by atoms with E-state index in [0.29, 0.717) is 10.7 Å². The molecule has 0 aliphatic carbocycles. The number of hydrogen-bond donors (Lipinski definition) is 1. The van der Waals surface area contributed by atoms with Gasteiger partial charge in [0, 0.05) is 12.1 Å². The van der Waals surface area contributed by atoms with Crippen LogP contribution < -0.4 is 9.99 Å². The van der Waals surface area contributed by atoms with Crippen molar-refractivity contribution in [2.24, 2.45) is 5.10 Å². The number of pyridine rings is 1. The topological polar surface area (TPSA) is 63.2 Å². The zero-order valence-electron chi connectivity index (χ0n) is 13.6. The molecule has 0 saturated heterocycles. The zero-order valence-corrected chi connectivity index (χ0v) is 14.4. The summed E-state index contributed by atoms with van der Waals surface area (Å²) in [5.74, 6) is -0.225. The first kappa shape index (κ1) is 16.9. The van der Waals surface area contributed by atoms with Gasteiger partial charge >= 0.3 is 5.91 Å². The Morgan fingerprint density at radius 1 is 1.24 bits per heavy atom. The van der Waals surface area contributed by atoms with E-state index in [1.54, 1.807) is 9.25 Å². The van der Waals surface area contributed by atoms with Gasteiger partial charge in [0.2, 0.25) is 6.54 Å². The third-order valence-electron chi connectivity index (χ3n) is 3.54. The maximum Gasteiger partial charge on any atom is 0.305 e. The summed E-state index contributed by atoms with van der Waals surface area (Å²) in [5, 5.41) is 8.86. The monoisotopic (exact) mass is 354 g/mol. The fourth-order valence-corrected chi connectivity index (χ4v) is 2.63. The predicted octanol–water partition coefficient (Wildman–Crippen LogP) is 2.27. The van der Waals surface area contributed by atoms with E-state index in [-0.39, 0.29) is 12.5 Å². The van der Waals surface area contributed by atoms with Crippen molar-refractivity contribution in [2.45, 2.75) is 13.5 Å². The van der Waals surface area contributed by atoms with Crippen molar-refractivity contribution in [1.29, 1.82) is 0 Å². The lowest BCUT2D eigenvalue weighted by molar-refractivity contribution is -0.684. The average molecular weight is 355 g/mol. The number of halogens is 1. The summed E-state index contributed by atoms with van der Waals surface area (Å²) in [7, 11) is 0. The van der Waals surface area contributed by atoms with E-state index < -0.39 is 0 Å². The van der Waals surface area contributed by atoms with Crippen molar-refractivity contribution in [2.75, 3.05) is 0 Å². The van der Waals surface area contributed by atoms with Gasteiger partial charge in [-0.2, -0.15) is 14.8 Å². The first-order valence-corrected chi connectivity index (χ1v) is 8.09. The molecule has 0 atom stereocenters. The van der Waals surface area contributed by atoms with Crippen LogP contribution in [0, 0.1) is 6.92 Å². The van der Waals surface area contributed by atoms with E-state index >= 15 is 0 Å². The molecule has 0 aliphatic heterocycles. The SMILES string of the molecule is Cc1nn(-c2ccccc2)c(Cl)c1/C=N/NC(=O)C[n+]1ccccc1. The third-order valence-corrected chi connectivity index (χ3v) is 3.90. The van der Waals surface area contributed by atoms with Crippen LogP contribution in [0.2, 0.25) is 5.15 Å². The molecule has 3 aromatic rings. The second kappa shape index (κ2) is 7.72. The highest BCUT2D eigenvalue weighted by molar-refractivity contribution is 6.32. The lowest BCUT2D eigenvalue weighted by Gasteiger charge is -2.01. The van der Waals surface area contributed by atoms with Crippen LogP contribution in [0.25, 0.3) is 5.69 Å². The van der Waals surface area contributed by atoms with Crippen molar-refractivity contribution in [3.63, 3.8) is 0 Å². The van der Waals surface area contributed by atoms with E-state index in [1.165, 1.54) is 6.21 Å². The number of hydrogen-bond acceptors (Lipinski definition) is 3. The lowest BCUT2D eigenvalue weighted by Crippen LogP contribution is -2.40. The molecular weight excluding hydrogens is 338 g/mol. The van der Waals surface area contributed by atoms with E-state index in [9.17, 15) is 4.79 Å². The molecule has 0 radical (unpaired) electrons. The maximum atomic E-state index is 11.9. The summed E-state index contributed by atoms with van der Waals surface area (Å²) >= 11 is 6.40. The first-order chi connectivity index (χ1) is 12.1. The number of amides is 1. The molecule has 0 unspecified atom stereocenters. The Bertz CT molecular complexity index is 891. The van der Waals surface area contributed by atoms with Gasteiger partial charge in [0.05, 0.1) is 23.2 Å². The Morgan fingerprint density at radius 3 is 2.64 bits per heavy atom. The minimum Gasteiger partial charge on any atom is -0.266 e. The summed E-state index contributed by atoms with van der Waals surface area (Å²) in [5.41, 5.74) is 4.75. The van der Waals surface area contributed by atoms with Gasteiger partial charge in [0.15, 0.2) is 12.4 Å². The average Bonchev–Trinajstić information content (AvgIpc) is 2.91. The van der Waals surface area contributed by atoms with Crippen LogP contribution in [-0.4, -0.2) is 21.9 Å². The number of carbonyl (C=O) groups is 1. The number of carbonyl (C=O) groups excluding carboxylic acids is 1. The van der Waals surface area contributed by atoms with Gasteiger partial charge in [0.1, 0.15) is 5.15 Å². The number of hydrazone groups is 1. The van der Waals surface area contributed by atoms with Gasteiger partial charge in [-0.25, -0.2) is 10.1 Å². The molecule has 0 fully saturated rings. The van der Waals surface area contributed by atoms with Crippen LogP contribution in [0.4, 0.5) is 0 Å². The Morgan fingerprint density at radius 2 is 1.92 bits per heavy atom. The summed E-state index contributed by atoms with van der Waals surface area (Å²) in [6.45, 7) is 2.03. The van der Waals surface area contributed by atoms with Crippen LogP contribution >= 0.6 is 11.6 Å². The Labute approximate surface area is 150 Å². The highest BCUT2D eigenvalue weighted by Crippen LogP contribution is 2.21. The number of nitrogens with one attached hydrogen (secondary N) is 1. The van der Waals surface area contributed by atoms with Crippen LogP contribution in [0.3, 0.4) is 0 Å². The molecule has 1 N–H and O–H groups in total. The molecule has 0 aliphatic rings. The number of rotatable bonds is 5. The standard InChI is InChI=1S/C18H16ClN5O/c1-14-16(18(19)24(22-14)15-8-4-2-5-9-15)12-20-21-17(25)13-23-10-6-3-7-11-23/h2-12H,13H2,1H3/p+1/b20-12+. The van der Waals surface area contributed by atoms with Crippen molar-refractivity contribution in [3.05, 3.63) is 77.3 Å². The Hall–Kier alpha value is -2.99. The normalized spacial score (nSPS) is 11.0. The predicted molar refractivity (Wildman–Crippen MR) is 95.7 cm³/mol. The Kier molecular flexibility index (Phi) is 5.20. The highest BCUT2D eigenvalue weighted by atomic mass is 35.5. The van der Waals surface area contributed by atoms with Crippen LogP contribution in [0.1, 0.15) is 11.3 Å². The molecular formula is C18H17ClN5O+. The fourth-order valence-electron chi connectivity index (χ4n) is 2.31. The van der Waals surface area contributed by atoms with E-state index in [0.717, 1.165) is 11.4 Å². The summed E-state index contributed by atoms with van der Waals surface area (Å²) in [4.78, 5) is 11.9. The van der Waals surface area contributed by atoms with Crippen LogP contribution in [-0.2, 0) is 11.3 Å². The van der Waals surface area contributed by atoms with E-state index in [4.69, 9.17) is 11.6 Å². The minimum atomic E-state index is -0.225. The van der Waals surface area contributed by atoms with E-state index in [1.807, 2.05) is 67.8 Å². The van der Waals surface area contributed by atoms with Crippen molar-refractivity contribution in [1.82, 2.24) is 15.2 Å². The molecule has 2 heterocycles. The van der Waals surface area contributed by atoms with Gasteiger partial charge in [0.25, 0.3) is 0 Å². The van der Waals surface area contributed by atoms with Gasteiger partial charge in [-0.05, 0) is 19.1 Å². The number of aryl methyl sites for hydroxylation is 1. The highest BCUT2D eigenvalue weighted by Gasteiger charge is 2.13. The van der Waals surface area contributed by atoms with Gasteiger partial charge < -0.3 is 0 Å². The number of aromatic nitrogens is 3. The molecule has 0 spiro atoms. The smallest absolute Gasteiger partial charge is 0.266 e. The summed E-state index contributed by atoms with van der Waals surface area (Å²) < 4.78 is 3.40. The number of benzene rings is 1.